The number of nitrogen functional groups attached to an aromatic ring is 1. The highest BCUT2D eigenvalue weighted by Gasteiger charge is 2.21. The molecular weight excluding hydrogens is 400 g/mol. The van der Waals surface area contributed by atoms with Crippen molar-refractivity contribution >= 4 is 53.4 Å². The number of hydrogen-bond donors (Lipinski definition) is 3. The molecule has 0 saturated carbocycles. The Hall–Kier alpha value is -1.06. The largest absolute Gasteiger partial charge is 0.394 e. The van der Waals surface area contributed by atoms with Gasteiger partial charge in [-0.2, -0.15) is 5.10 Å². The van der Waals surface area contributed by atoms with Crippen molar-refractivity contribution in [2.45, 2.75) is 11.8 Å². The third-order valence-electron chi connectivity index (χ3n) is 2.41. The molecule has 0 saturated heterocycles. The molecule has 4 N–H and O–H groups in total. The van der Waals surface area contributed by atoms with Gasteiger partial charge >= 0.3 is 0 Å². The quantitative estimate of drug-likeness (QED) is 0.725. The average molecular weight is 410 g/mol. The number of nitrogens with two attached hydrogens (primary N) is 1. The summed E-state index contributed by atoms with van der Waals surface area (Å²) in [6, 6.07) is 4.86. The van der Waals surface area contributed by atoms with Crippen molar-refractivity contribution in [3.63, 3.8) is 0 Å². The van der Waals surface area contributed by atoms with Gasteiger partial charge in [-0.25, -0.2) is 8.42 Å². The van der Waals surface area contributed by atoms with Crippen LogP contribution in [-0.4, -0.2) is 18.6 Å². The molecule has 1 aromatic carbocycles. The van der Waals surface area contributed by atoms with E-state index in [-0.39, 0.29) is 16.4 Å². The monoisotopic (exact) mass is 408 g/mol. The van der Waals surface area contributed by atoms with Crippen molar-refractivity contribution in [2.24, 2.45) is 0 Å². The Morgan fingerprint density at radius 1 is 1.37 bits per heavy atom. The number of aromatic amines is 1. The number of rotatable bonds is 3. The van der Waals surface area contributed by atoms with Crippen LogP contribution in [0.25, 0.3) is 0 Å². The number of halogens is 2. The fourth-order valence-corrected chi connectivity index (χ4v) is 3.91. The standard InChI is InChI=1S/C10H10Br2N4O2S/c1-5-9(13)10(15-14-5)16-19(17,18)8-4-6(11)2-3-7(8)12/h2-4H,13H2,1H3,(H2,14,15,16). The van der Waals surface area contributed by atoms with E-state index in [9.17, 15) is 8.42 Å². The van der Waals surface area contributed by atoms with E-state index in [4.69, 9.17) is 5.73 Å². The first-order chi connectivity index (χ1) is 8.81. The Kier molecular flexibility index (Phi) is 3.88. The average Bonchev–Trinajstić information content (AvgIpc) is 2.63. The van der Waals surface area contributed by atoms with Gasteiger partial charge in [0, 0.05) is 8.95 Å². The van der Waals surface area contributed by atoms with Crippen LogP contribution in [0.3, 0.4) is 0 Å². The number of nitrogens with zero attached hydrogens (tertiary/aromatic N) is 1. The van der Waals surface area contributed by atoms with E-state index in [1.54, 1.807) is 19.1 Å². The summed E-state index contributed by atoms with van der Waals surface area (Å²) in [5, 5.41) is 6.42. The molecule has 9 heteroatoms. The zero-order valence-electron chi connectivity index (χ0n) is 9.74. The van der Waals surface area contributed by atoms with Crippen LogP contribution in [0, 0.1) is 6.92 Å². The van der Waals surface area contributed by atoms with Crippen LogP contribution in [0.15, 0.2) is 32.0 Å². The maximum absolute atomic E-state index is 12.3. The molecule has 0 atom stereocenters. The molecular formula is C10H10Br2N4O2S. The highest BCUT2D eigenvalue weighted by molar-refractivity contribution is 9.11. The van der Waals surface area contributed by atoms with Crippen LogP contribution < -0.4 is 10.5 Å². The Balaban J connectivity index is 2.43. The molecule has 19 heavy (non-hydrogen) atoms. The second-order valence-electron chi connectivity index (χ2n) is 3.79. The van der Waals surface area contributed by atoms with Crippen LogP contribution in [-0.2, 0) is 10.0 Å². The van der Waals surface area contributed by atoms with Gasteiger partial charge in [0.15, 0.2) is 5.82 Å². The summed E-state index contributed by atoms with van der Waals surface area (Å²) >= 11 is 6.44. The van der Waals surface area contributed by atoms with Crippen molar-refractivity contribution in [2.75, 3.05) is 10.5 Å². The fourth-order valence-electron chi connectivity index (χ4n) is 1.38. The Morgan fingerprint density at radius 3 is 2.63 bits per heavy atom. The molecule has 0 amide bonds. The minimum atomic E-state index is -3.77. The minimum absolute atomic E-state index is 0.0874. The predicted molar refractivity (Wildman–Crippen MR) is 80.4 cm³/mol. The van der Waals surface area contributed by atoms with Gasteiger partial charge in [-0.15, -0.1) is 0 Å². The zero-order chi connectivity index (χ0) is 14.2. The second-order valence-corrected chi connectivity index (χ2v) is 7.21. The molecule has 1 heterocycles. The molecule has 2 aromatic rings. The SMILES string of the molecule is Cc1[nH]nc(NS(=O)(=O)c2cc(Br)ccc2Br)c1N. The van der Waals surface area contributed by atoms with E-state index in [0.29, 0.717) is 14.6 Å². The van der Waals surface area contributed by atoms with E-state index < -0.39 is 10.0 Å². The molecule has 0 spiro atoms. The summed E-state index contributed by atoms with van der Waals surface area (Å²) in [5.41, 5.74) is 6.59. The van der Waals surface area contributed by atoms with E-state index in [2.05, 4.69) is 46.8 Å². The number of aryl methyl sites for hydroxylation is 1. The molecule has 102 valence electrons. The van der Waals surface area contributed by atoms with E-state index in [1.807, 2.05) is 0 Å². The molecule has 0 radical (unpaired) electrons. The van der Waals surface area contributed by atoms with Gasteiger partial charge in [0.2, 0.25) is 0 Å². The van der Waals surface area contributed by atoms with Gasteiger partial charge in [0.05, 0.1) is 11.4 Å². The molecule has 0 fully saturated rings. The summed E-state index contributed by atoms with van der Waals surface area (Å²) < 4.78 is 28.0. The predicted octanol–water partition coefficient (Wildman–Crippen LogP) is 2.63. The van der Waals surface area contributed by atoms with E-state index in [0.717, 1.165) is 0 Å². The highest BCUT2D eigenvalue weighted by Crippen LogP contribution is 2.28. The molecule has 0 aliphatic heterocycles. The first-order valence-electron chi connectivity index (χ1n) is 5.09. The number of hydrogen-bond acceptors (Lipinski definition) is 4. The van der Waals surface area contributed by atoms with Crippen LogP contribution in [0.1, 0.15) is 5.69 Å². The number of nitrogens with one attached hydrogen (secondary N) is 2. The molecule has 6 nitrogen and oxygen atoms in total. The van der Waals surface area contributed by atoms with Crippen molar-refractivity contribution in [3.8, 4) is 0 Å². The molecule has 2 rings (SSSR count). The van der Waals surface area contributed by atoms with Gasteiger partial charge in [0.25, 0.3) is 10.0 Å². The van der Waals surface area contributed by atoms with Gasteiger partial charge in [-0.3, -0.25) is 9.82 Å². The van der Waals surface area contributed by atoms with Crippen LogP contribution in [0.4, 0.5) is 11.5 Å². The Labute approximate surface area is 127 Å². The number of aromatic nitrogens is 2. The van der Waals surface area contributed by atoms with Crippen LogP contribution in [0.5, 0.6) is 0 Å². The summed E-state index contributed by atoms with van der Waals surface area (Å²) in [6.45, 7) is 1.70. The number of sulfonamides is 1. The Bertz CT molecular complexity index is 727. The zero-order valence-corrected chi connectivity index (χ0v) is 13.7. The van der Waals surface area contributed by atoms with Crippen molar-refractivity contribution in [3.05, 3.63) is 32.8 Å². The number of anilines is 2. The Morgan fingerprint density at radius 2 is 2.05 bits per heavy atom. The molecule has 0 unspecified atom stereocenters. The molecule has 0 bridgehead atoms. The fraction of sp³-hybridized carbons (Fsp3) is 0.100. The summed E-state index contributed by atoms with van der Waals surface area (Å²) in [7, 11) is -3.77. The lowest BCUT2D eigenvalue weighted by Gasteiger charge is -2.08. The topological polar surface area (TPSA) is 101 Å². The highest BCUT2D eigenvalue weighted by atomic mass is 79.9. The van der Waals surface area contributed by atoms with E-state index >= 15 is 0 Å². The smallest absolute Gasteiger partial charge is 0.264 e. The summed E-state index contributed by atoms with van der Waals surface area (Å²) in [6.07, 6.45) is 0. The van der Waals surface area contributed by atoms with Crippen LogP contribution in [0.2, 0.25) is 0 Å². The minimum Gasteiger partial charge on any atom is -0.394 e. The lowest BCUT2D eigenvalue weighted by Crippen LogP contribution is -2.15. The lowest BCUT2D eigenvalue weighted by atomic mass is 10.4. The second kappa shape index (κ2) is 5.14. The van der Waals surface area contributed by atoms with Crippen molar-refractivity contribution < 1.29 is 8.42 Å². The first-order valence-corrected chi connectivity index (χ1v) is 8.16. The van der Waals surface area contributed by atoms with Crippen molar-refractivity contribution in [1.82, 2.24) is 10.2 Å². The molecule has 0 aliphatic rings. The normalized spacial score (nSPS) is 11.5. The van der Waals surface area contributed by atoms with Gasteiger partial charge < -0.3 is 5.73 Å². The third kappa shape index (κ3) is 2.93. The van der Waals surface area contributed by atoms with E-state index in [1.165, 1.54) is 6.07 Å². The number of H-pyrrole nitrogens is 1. The molecule has 0 aliphatic carbocycles. The summed E-state index contributed by atoms with van der Waals surface area (Å²) in [4.78, 5) is 0.0990. The number of benzene rings is 1. The maximum Gasteiger partial charge on any atom is 0.264 e. The lowest BCUT2D eigenvalue weighted by molar-refractivity contribution is 0.600. The third-order valence-corrected chi connectivity index (χ3v) is 5.23. The van der Waals surface area contributed by atoms with Gasteiger partial charge in [-0.05, 0) is 41.1 Å². The maximum atomic E-state index is 12.3. The van der Waals surface area contributed by atoms with Gasteiger partial charge in [0.1, 0.15) is 4.90 Å². The van der Waals surface area contributed by atoms with Gasteiger partial charge in [-0.1, -0.05) is 15.9 Å². The first kappa shape index (κ1) is 14.4. The summed E-state index contributed by atoms with van der Waals surface area (Å²) in [5.74, 6) is 0.0874. The van der Waals surface area contributed by atoms with Crippen LogP contribution >= 0.6 is 31.9 Å². The van der Waals surface area contributed by atoms with Crippen molar-refractivity contribution in [1.29, 1.82) is 0 Å². The molecule has 1 aromatic heterocycles.